The molecule has 0 saturated heterocycles. The lowest BCUT2D eigenvalue weighted by atomic mass is 9.87. The number of hydrogen-bond acceptors (Lipinski definition) is 8. The number of ether oxygens (including phenoxy) is 1. The molecule has 0 aliphatic rings. The van der Waals surface area contributed by atoms with E-state index < -0.39 is 47.4 Å². The van der Waals surface area contributed by atoms with E-state index in [0.29, 0.717) is 24.2 Å². The normalized spacial score (nSPS) is 14.3. The fourth-order valence-electron chi connectivity index (χ4n) is 3.70. The number of carbonyl (C=O) groups excluding carboxylic acids is 2. The van der Waals surface area contributed by atoms with Crippen molar-refractivity contribution in [1.29, 1.82) is 0 Å². The molecule has 2 heterocycles. The molecule has 0 radical (unpaired) electrons. The molecule has 14 heteroatoms. The molecule has 3 aromatic rings. The van der Waals surface area contributed by atoms with E-state index >= 15 is 0 Å². The Hall–Kier alpha value is -3.94. The van der Waals surface area contributed by atoms with Crippen molar-refractivity contribution in [2.45, 2.75) is 77.8 Å². The first-order valence-corrected chi connectivity index (χ1v) is 12.7. The highest BCUT2D eigenvalue weighted by molar-refractivity contribution is 5.94. The van der Waals surface area contributed by atoms with Gasteiger partial charge in [-0.2, -0.15) is 18.3 Å². The van der Waals surface area contributed by atoms with E-state index in [1.807, 2.05) is 27.7 Å². The lowest BCUT2D eigenvalue weighted by Gasteiger charge is -2.30. The standard InChI is InChI=1S/C26H33F3N6O5/c1-5-6-7-17(21(36)22(37)32-19-12-13-30-33-19)31-24(38)39-18(25(2,3)4)14-20-34-35-23(40-20)15-8-10-16(11-9-15)26(27,28)29/h8-13,17-18,21,36H,5-7,14H2,1-4H3,(H,31,38)(H2,30,32,33,37)/t17-,18+,21-/m0/s1. The molecular weight excluding hydrogens is 533 g/mol. The molecule has 40 heavy (non-hydrogen) atoms. The van der Waals surface area contributed by atoms with Crippen molar-refractivity contribution < 1.29 is 37.0 Å². The summed E-state index contributed by atoms with van der Waals surface area (Å²) in [6, 6.07) is 4.89. The summed E-state index contributed by atoms with van der Waals surface area (Å²) >= 11 is 0. The van der Waals surface area contributed by atoms with E-state index in [0.717, 1.165) is 18.6 Å². The topological polar surface area (TPSA) is 155 Å². The van der Waals surface area contributed by atoms with Crippen LogP contribution in [0.2, 0.25) is 0 Å². The number of aliphatic hydroxyl groups excluding tert-OH is 1. The number of carbonyl (C=O) groups is 2. The zero-order valence-corrected chi connectivity index (χ0v) is 22.6. The zero-order chi connectivity index (χ0) is 29.5. The van der Waals surface area contributed by atoms with Crippen LogP contribution in [0, 0.1) is 5.41 Å². The van der Waals surface area contributed by atoms with Crippen LogP contribution >= 0.6 is 0 Å². The van der Waals surface area contributed by atoms with Gasteiger partial charge in [0, 0.05) is 11.6 Å². The van der Waals surface area contributed by atoms with E-state index in [1.165, 1.54) is 24.4 Å². The van der Waals surface area contributed by atoms with Crippen LogP contribution in [-0.2, 0) is 22.1 Å². The number of anilines is 1. The van der Waals surface area contributed by atoms with Gasteiger partial charge in [0.05, 0.1) is 24.2 Å². The fourth-order valence-corrected chi connectivity index (χ4v) is 3.70. The highest BCUT2D eigenvalue weighted by Gasteiger charge is 2.34. The summed E-state index contributed by atoms with van der Waals surface area (Å²) in [5.41, 5.74) is -1.08. The third kappa shape index (κ3) is 8.53. The zero-order valence-electron chi connectivity index (χ0n) is 22.6. The minimum atomic E-state index is -4.47. The number of hydrogen-bond donors (Lipinski definition) is 4. The third-order valence-electron chi connectivity index (χ3n) is 6.08. The number of aromatic nitrogens is 4. The van der Waals surface area contributed by atoms with Crippen molar-refractivity contribution in [3.63, 3.8) is 0 Å². The second-order valence-electron chi connectivity index (χ2n) is 10.3. The van der Waals surface area contributed by atoms with Crippen molar-refractivity contribution in [3.05, 3.63) is 48.0 Å². The maximum atomic E-state index is 12.9. The quantitative estimate of drug-likeness (QED) is 0.260. The second kappa shape index (κ2) is 12.9. The number of nitrogens with zero attached hydrogens (tertiary/aromatic N) is 3. The van der Waals surface area contributed by atoms with E-state index in [1.54, 1.807) is 0 Å². The molecule has 0 aliphatic carbocycles. The summed E-state index contributed by atoms with van der Waals surface area (Å²) < 4.78 is 49.9. The number of aliphatic hydroxyl groups is 1. The molecule has 4 N–H and O–H groups in total. The molecule has 2 aromatic heterocycles. The first-order valence-electron chi connectivity index (χ1n) is 12.7. The number of alkyl carbamates (subject to hydrolysis) is 1. The maximum absolute atomic E-state index is 12.9. The molecule has 218 valence electrons. The molecule has 0 aliphatic heterocycles. The van der Waals surface area contributed by atoms with Crippen LogP contribution in [0.15, 0.2) is 40.9 Å². The van der Waals surface area contributed by atoms with Gasteiger partial charge in [-0.05, 0) is 36.1 Å². The molecule has 0 unspecified atom stereocenters. The Morgan fingerprint density at radius 3 is 2.40 bits per heavy atom. The van der Waals surface area contributed by atoms with Gasteiger partial charge < -0.3 is 24.9 Å². The number of alkyl halides is 3. The highest BCUT2D eigenvalue weighted by Crippen LogP contribution is 2.31. The molecule has 3 atom stereocenters. The summed E-state index contributed by atoms with van der Waals surface area (Å²) in [6.45, 7) is 7.43. The van der Waals surface area contributed by atoms with Gasteiger partial charge in [0.15, 0.2) is 6.10 Å². The van der Waals surface area contributed by atoms with Gasteiger partial charge in [0.1, 0.15) is 11.9 Å². The smallest absolute Gasteiger partial charge is 0.416 e. The maximum Gasteiger partial charge on any atom is 0.416 e. The third-order valence-corrected chi connectivity index (χ3v) is 6.08. The molecule has 0 spiro atoms. The summed E-state index contributed by atoms with van der Waals surface area (Å²) in [6.07, 6.45) is -4.45. The van der Waals surface area contributed by atoms with Crippen molar-refractivity contribution in [3.8, 4) is 11.5 Å². The van der Waals surface area contributed by atoms with E-state index in [-0.39, 0.29) is 18.2 Å². The van der Waals surface area contributed by atoms with Crippen molar-refractivity contribution in [2.75, 3.05) is 5.32 Å². The molecule has 1 aromatic carbocycles. The number of halogens is 3. The van der Waals surface area contributed by atoms with Crippen LogP contribution in [0.3, 0.4) is 0 Å². The van der Waals surface area contributed by atoms with E-state index in [4.69, 9.17) is 9.15 Å². The van der Waals surface area contributed by atoms with Crippen LogP contribution in [0.25, 0.3) is 11.5 Å². The fraction of sp³-hybridized carbons (Fsp3) is 0.500. The first-order chi connectivity index (χ1) is 18.8. The Kier molecular flexibility index (Phi) is 9.90. The summed E-state index contributed by atoms with van der Waals surface area (Å²) in [7, 11) is 0. The predicted molar refractivity (Wildman–Crippen MR) is 138 cm³/mol. The summed E-state index contributed by atoms with van der Waals surface area (Å²) in [5, 5.41) is 29.9. The number of amides is 2. The van der Waals surface area contributed by atoms with Gasteiger partial charge >= 0.3 is 12.3 Å². The molecule has 2 amide bonds. The number of H-pyrrole nitrogens is 1. The Morgan fingerprint density at radius 2 is 1.82 bits per heavy atom. The van der Waals surface area contributed by atoms with Gasteiger partial charge in [-0.15, -0.1) is 10.2 Å². The van der Waals surface area contributed by atoms with Crippen LogP contribution in [0.5, 0.6) is 0 Å². The lowest BCUT2D eigenvalue weighted by Crippen LogP contribution is -2.50. The predicted octanol–water partition coefficient (Wildman–Crippen LogP) is 4.72. The van der Waals surface area contributed by atoms with Gasteiger partial charge in [-0.1, -0.05) is 40.5 Å². The molecule has 3 rings (SSSR count). The largest absolute Gasteiger partial charge is 0.445 e. The van der Waals surface area contributed by atoms with Gasteiger partial charge in [-0.3, -0.25) is 9.89 Å². The average Bonchev–Trinajstić information content (AvgIpc) is 3.57. The van der Waals surface area contributed by atoms with Gasteiger partial charge in [0.2, 0.25) is 11.8 Å². The number of nitrogens with one attached hydrogen (secondary N) is 3. The molecule has 0 fully saturated rings. The van der Waals surface area contributed by atoms with E-state index in [2.05, 4.69) is 31.0 Å². The van der Waals surface area contributed by atoms with Crippen molar-refractivity contribution >= 4 is 17.8 Å². The summed E-state index contributed by atoms with van der Waals surface area (Å²) in [5.74, 6) is -0.292. The monoisotopic (exact) mass is 566 g/mol. The number of rotatable bonds is 11. The van der Waals surface area contributed by atoms with E-state index in [9.17, 15) is 27.9 Å². The molecular formula is C26H33F3N6O5. The van der Waals surface area contributed by atoms with Gasteiger partial charge in [-0.25, -0.2) is 4.79 Å². The number of aromatic amines is 1. The minimum Gasteiger partial charge on any atom is -0.445 e. The highest BCUT2D eigenvalue weighted by atomic mass is 19.4. The number of unbranched alkanes of at least 4 members (excludes halogenated alkanes) is 1. The van der Waals surface area contributed by atoms with Crippen LogP contribution in [0.4, 0.5) is 23.8 Å². The molecule has 0 saturated carbocycles. The molecule has 11 nitrogen and oxygen atoms in total. The molecule has 0 bridgehead atoms. The Morgan fingerprint density at radius 1 is 1.12 bits per heavy atom. The van der Waals surface area contributed by atoms with Crippen LogP contribution in [0.1, 0.15) is 58.4 Å². The van der Waals surface area contributed by atoms with Crippen LogP contribution < -0.4 is 10.6 Å². The Labute approximate surface area is 228 Å². The van der Waals surface area contributed by atoms with Crippen LogP contribution in [-0.4, -0.2) is 55.8 Å². The SMILES string of the molecule is CCCC[C@H](NC(=O)O[C@H](Cc1nnc(-c2ccc(C(F)(F)F)cc2)o1)C(C)(C)C)[C@H](O)C(=O)Nc1ccn[nH]1. The second-order valence-corrected chi connectivity index (χ2v) is 10.3. The Bertz CT molecular complexity index is 1240. The van der Waals surface area contributed by atoms with Crippen molar-refractivity contribution in [2.24, 2.45) is 5.41 Å². The van der Waals surface area contributed by atoms with Crippen molar-refractivity contribution in [1.82, 2.24) is 25.7 Å². The lowest BCUT2D eigenvalue weighted by molar-refractivity contribution is -0.137. The average molecular weight is 567 g/mol. The minimum absolute atomic E-state index is 0.0202. The first kappa shape index (κ1) is 30.6. The van der Waals surface area contributed by atoms with Gasteiger partial charge in [0.25, 0.3) is 5.91 Å². The summed E-state index contributed by atoms with van der Waals surface area (Å²) in [4.78, 5) is 25.4. The Balaban J connectivity index is 1.67. The number of benzene rings is 1.